The second kappa shape index (κ2) is 15.0. The Hall–Kier alpha value is -2.83. The highest BCUT2D eigenvalue weighted by atomic mass is 28.3. The molecule has 254 valence electrons. The normalized spacial score (nSPS) is 20.3. The zero-order chi connectivity index (χ0) is 33.9. The molecular weight excluding hydrogens is 627 g/mol. The Labute approximate surface area is 290 Å². The number of aromatic nitrogens is 4. The van der Waals surface area contributed by atoms with Crippen LogP contribution in [0.2, 0.25) is 51.4 Å². The SMILES string of the molecule is [B]N1C2CCCC1CC(c1cc(N(COCC[Si](C)(C)C)COCC[Si](C)(C)C)n3ncc(-c4ccc(-c5ccccc5)nc4)c3n1)C2. The first-order valence-electron chi connectivity index (χ1n) is 17.8. The Bertz CT molecular complexity index is 1600. The van der Waals surface area contributed by atoms with Gasteiger partial charge in [0.15, 0.2) is 13.6 Å². The maximum Gasteiger partial charge on any atom is 0.183 e. The smallest absolute Gasteiger partial charge is 0.183 e. The average molecular weight is 681 g/mol. The van der Waals surface area contributed by atoms with Gasteiger partial charge < -0.3 is 19.2 Å². The molecule has 0 N–H and O–H groups in total. The van der Waals surface area contributed by atoms with Crippen LogP contribution < -0.4 is 4.90 Å². The molecule has 2 unspecified atom stereocenters. The van der Waals surface area contributed by atoms with Crippen LogP contribution >= 0.6 is 0 Å². The highest BCUT2D eigenvalue weighted by Gasteiger charge is 2.37. The molecule has 0 spiro atoms. The predicted molar refractivity (Wildman–Crippen MR) is 203 cm³/mol. The first-order chi connectivity index (χ1) is 22.9. The highest BCUT2D eigenvalue weighted by molar-refractivity contribution is 6.76. The van der Waals surface area contributed by atoms with Crippen molar-refractivity contribution in [3.8, 4) is 22.4 Å². The molecular formula is C37H53BN6O2Si2. The molecule has 8 nitrogen and oxygen atoms in total. The summed E-state index contributed by atoms with van der Waals surface area (Å²) in [5.41, 5.74) is 5.96. The first-order valence-corrected chi connectivity index (χ1v) is 25.2. The summed E-state index contributed by atoms with van der Waals surface area (Å²) in [7, 11) is 4.12. The third-order valence-corrected chi connectivity index (χ3v) is 13.3. The van der Waals surface area contributed by atoms with Crippen LogP contribution in [0.25, 0.3) is 28.0 Å². The molecule has 4 aromatic rings. The van der Waals surface area contributed by atoms with Crippen LogP contribution in [0.4, 0.5) is 5.82 Å². The minimum Gasteiger partial charge on any atom is -0.361 e. The fourth-order valence-electron chi connectivity index (χ4n) is 6.87. The summed E-state index contributed by atoms with van der Waals surface area (Å²) in [5, 5.41) is 4.95. The van der Waals surface area contributed by atoms with Gasteiger partial charge in [-0.1, -0.05) is 82.1 Å². The van der Waals surface area contributed by atoms with Gasteiger partial charge in [-0.25, -0.2) is 4.98 Å². The quantitative estimate of drug-likeness (QED) is 0.0758. The fourth-order valence-corrected chi connectivity index (χ4v) is 8.38. The molecule has 2 fully saturated rings. The van der Waals surface area contributed by atoms with Gasteiger partial charge in [0.05, 0.1) is 11.9 Å². The third kappa shape index (κ3) is 8.66. The summed E-state index contributed by atoms with van der Waals surface area (Å²) >= 11 is 0. The van der Waals surface area contributed by atoms with Crippen molar-refractivity contribution in [3.63, 3.8) is 0 Å². The van der Waals surface area contributed by atoms with Crippen molar-refractivity contribution in [2.75, 3.05) is 31.6 Å². The van der Waals surface area contributed by atoms with E-state index in [0.29, 0.717) is 31.5 Å². The zero-order valence-corrected chi connectivity index (χ0v) is 31.9. The number of fused-ring (bicyclic) bond motifs is 3. The van der Waals surface area contributed by atoms with E-state index in [1.807, 2.05) is 35.1 Å². The maximum absolute atomic E-state index is 6.58. The number of hydrogen-bond acceptors (Lipinski definition) is 7. The van der Waals surface area contributed by atoms with Crippen molar-refractivity contribution < 1.29 is 9.47 Å². The second-order valence-electron chi connectivity index (χ2n) is 16.2. The van der Waals surface area contributed by atoms with Gasteiger partial charge in [0.1, 0.15) is 19.3 Å². The predicted octanol–water partition coefficient (Wildman–Crippen LogP) is 8.07. The van der Waals surface area contributed by atoms with Gasteiger partial charge in [0.2, 0.25) is 0 Å². The van der Waals surface area contributed by atoms with E-state index in [1.54, 1.807) is 0 Å². The molecule has 0 saturated carbocycles. The lowest BCUT2D eigenvalue weighted by Gasteiger charge is -2.47. The van der Waals surface area contributed by atoms with Crippen molar-refractivity contribution >= 4 is 35.6 Å². The lowest BCUT2D eigenvalue weighted by Crippen LogP contribution is -2.50. The molecule has 0 aliphatic carbocycles. The van der Waals surface area contributed by atoms with Crippen molar-refractivity contribution in [2.45, 2.75) is 101 Å². The number of hydrogen-bond donors (Lipinski definition) is 0. The van der Waals surface area contributed by atoms with Crippen molar-refractivity contribution in [2.24, 2.45) is 0 Å². The second-order valence-corrected chi connectivity index (χ2v) is 27.5. The Balaban J connectivity index is 1.37. The van der Waals surface area contributed by atoms with E-state index in [1.165, 1.54) is 6.42 Å². The van der Waals surface area contributed by atoms with Gasteiger partial charge in [0, 0.05) is 69.9 Å². The summed E-state index contributed by atoms with van der Waals surface area (Å²) < 4.78 is 14.7. The molecule has 6 rings (SSSR count). The molecule has 2 radical (unpaired) electrons. The molecule has 2 aliphatic heterocycles. The van der Waals surface area contributed by atoms with E-state index in [9.17, 15) is 0 Å². The van der Waals surface area contributed by atoms with Gasteiger partial charge in [-0.3, -0.25) is 4.98 Å². The summed E-state index contributed by atoms with van der Waals surface area (Å²) in [6.07, 6.45) is 9.47. The van der Waals surface area contributed by atoms with Crippen molar-refractivity contribution in [3.05, 3.63) is 66.6 Å². The number of benzene rings is 1. The number of anilines is 1. The Morgan fingerprint density at radius 2 is 1.48 bits per heavy atom. The van der Waals surface area contributed by atoms with E-state index in [2.05, 4.69) is 79.3 Å². The number of pyridine rings is 1. The Morgan fingerprint density at radius 1 is 0.833 bits per heavy atom. The van der Waals surface area contributed by atoms with Crippen LogP contribution in [-0.2, 0) is 9.47 Å². The molecule has 2 aliphatic rings. The lowest BCUT2D eigenvalue weighted by molar-refractivity contribution is 0.0941. The molecule has 3 aromatic heterocycles. The summed E-state index contributed by atoms with van der Waals surface area (Å²) in [6, 6.07) is 19.8. The van der Waals surface area contributed by atoms with E-state index >= 15 is 0 Å². The first kappa shape index (κ1) is 35.0. The lowest BCUT2D eigenvalue weighted by atomic mass is 9.75. The maximum atomic E-state index is 6.58. The highest BCUT2D eigenvalue weighted by Crippen LogP contribution is 2.41. The van der Waals surface area contributed by atoms with Crippen LogP contribution in [0.5, 0.6) is 0 Å². The molecule has 1 aromatic carbocycles. The standard InChI is InChI=1S/C37H53BN6O2Si2/c1-47(2,3)19-17-45-26-42(27-46-18-20-48(4,5)6)36-23-35(30-21-31-13-10-14-32(22-30)43(31)38)41-37-33(25-40-44(36)37)29-15-16-34(39-24-29)28-11-8-7-9-12-28/h7-9,11-12,15-16,23-25,30-32H,10,13-14,17-22,26-27H2,1-6H3. The molecule has 0 amide bonds. The summed E-state index contributed by atoms with van der Waals surface area (Å²) in [4.78, 5) is 14.6. The number of piperidine rings is 2. The van der Waals surface area contributed by atoms with E-state index in [4.69, 9.17) is 32.5 Å². The molecule has 2 saturated heterocycles. The molecule has 2 bridgehead atoms. The fraction of sp³-hybridized carbons (Fsp3) is 0.541. The van der Waals surface area contributed by atoms with Gasteiger partial charge in [-0.2, -0.15) is 9.61 Å². The molecule has 48 heavy (non-hydrogen) atoms. The minimum absolute atomic E-state index is 0.327. The van der Waals surface area contributed by atoms with Crippen LogP contribution in [-0.4, -0.2) is 87.3 Å². The van der Waals surface area contributed by atoms with Gasteiger partial charge >= 0.3 is 0 Å². The number of ether oxygens (including phenoxy) is 2. The van der Waals surface area contributed by atoms with Crippen LogP contribution in [0.1, 0.15) is 43.7 Å². The molecule has 11 heteroatoms. The number of nitrogens with zero attached hydrogens (tertiary/aromatic N) is 6. The van der Waals surface area contributed by atoms with Gasteiger partial charge in [-0.15, -0.1) is 0 Å². The van der Waals surface area contributed by atoms with Crippen molar-refractivity contribution in [1.29, 1.82) is 0 Å². The topological polar surface area (TPSA) is 68.0 Å². The van der Waals surface area contributed by atoms with Crippen LogP contribution in [0.15, 0.2) is 60.9 Å². The van der Waals surface area contributed by atoms with Crippen LogP contribution in [0, 0.1) is 0 Å². The third-order valence-electron chi connectivity index (χ3n) is 9.88. The van der Waals surface area contributed by atoms with Crippen molar-refractivity contribution in [1.82, 2.24) is 24.4 Å². The monoisotopic (exact) mass is 680 g/mol. The Kier molecular flexibility index (Phi) is 10.9. The summed E-state index contributed by atoms with van der Waals surface area (Å²) in [5.74, 6) is 1.28. The minimum atomic E-state index is -1.23. The largest absolute Gasteiger partial charge is 0.361 e. The van der Waals surface area contributed by atoms with Crippen LogP contribution in [0.3, 0.4) is 0 Å². The molecule has 2 atom stereocenters. The van der Waals surface area contributed by atoms with Gasteiger partial charge in [0.25, 0.3) is 0 Å². The zero-order valence-electron chi connectivity index (χ0n) is 29.9. The van der Waals surface area contributed by atoms with E-state index in [0.717, 1.165) is 90.5 Å². The van der Waals surface area contributed by atoms with E-state index < -0.39 is 16.1 Å². The van der Waals surface area contributed by atoms with Gasteiger partial charge in [-0.05, 0) is 55.9 Å². The average Bonchev–Trinajstić information content (AvgIpc) is 3.47. The van der Waals surface area contributed by atoms with E-state index in [-0.39, 0.29) is 0 Å². The molecule has 5 heterocycles. The Morgan fingerprint density at radius 3 is 2.06 bits per heavy atom. The summed E-state index contributed by atoms with van der Waals surface area (Å²) in [6.45, 7) is 16.7. The number of rotatable bonds is 14.